The van der Waals surface area contributed by atoms with Gasteiger partial charge in [0, 0.05) is 25.3 Å². The monoisotopic (exact) mass is 527 g/mol. The van der Waals surface area contributed by atoms with Crippen LogP contribution in [0.2, 0.25) is 0 Å². The zero-order chi connectivity index (χ0) is 26.2. The zero-order valence-electron chi connectivity index (χ0n) is 20.6. The Balaban J connectivity index is 1.32. The van der Waals surface area contributed by atoms with Crippen molar-refractivity contribution in [2.24, 2.45) is 0 Å². The molecular formula is C28H25N5O4S. The van der Waals surface area contributed by atoms with Gasteiger partial charge in [0.25, 0.3) is 5.91 Å². The van der Waals surface area contributed by atoms with E-state index in [2.05, 4.69) is 15.6 Å². The van der Waals surface area contributed by atoms with Gasteiger partial charge in [0.2, 0.25) is 6.41 Å². The minimum absolute atomic E-state index is 0.138. The lowest BCUT2D eigenvalue weighted by Gasteiger charge is -2.31. The summed E-state index contributed by atoms with van der Waals surface area (Å²) in [5, 5.41) is 6.70. The standard InChI is InChI=1S/C28H25N5O4S/c1-17-14-20(37-19-7-3-2-4-8-19)9-10-21(17)33-22-11-12-29-27-23(22)24(31-28(33)36)25(38-27)26(35)30-18-6-5-13-32(15-18)16-34/h2-4,7-12,14,16,18H,5-6,13,15H2,1H3,(H,30,35)(H,31,36)/t18-/m1/s1. The maximum atomic E-state index is 13.5. The molecule has 9 nitrogen and oxygen atoms in total. The average Bonchev–Trinajstić information content (AvgIpc) is 3.30. The molecule has 2 N–H and O–H groups in total. The Labute approximate surface area is 223 Å². The van der Waals surface area contributed by atoms with Crippen LogP contribution in [0.1, 0.15) is 28.1 Å². The maximum absolute atomic E-state index is 13.5. The molecule has 6 rings (SSSR count). The molecule has 0 bridgehead atoms. The van der Waals surface area contributed by atoms with E-state index in [9.17, 15) is 14.4 Å². The highest BCUT2D eigenvalue weighted by Crippen LogP contribution is 2.46. The third-order valence-corrected chi connectivity index (χ3v) is 7.87. The summed E-state index contributed by atoms with van der Waals surface area (Å²) in [6.45, 7) is 3.10. The number of piperidine rings is 1. The predicted octanol–water partition coefficient (Wildman–Crippen LogP) is 5.43. The number of benzene rings is 2. The number of pyridine rings is 1. The maximum Gasteiger partial charge on any atom is 0.331 e. The van der Waals surface area contributed by atoms with Crippen LogP contribution in [0, 0.1) is 6.92 Å². The van der Waals surface area contributed by atoms with E-state index in [0.717, 1.165) is 36.0 Å². The van der Waals surface area contributed by atoms with E-state index in [1.807, 2.05) is 55.5 Å². The van der Waals surface area contributed by atoms with E-state index in [4.69, 9.17) is 4.74 Å². The van der Waals surface area contributed by atoms with Crippen LogP contribution >= 0.6 is 11.3 Å². The molecule has 0 unspecified atom stereocenters. The molecule has 1 saturated heterocycles. The molecule has 0 radical (unpaired) electrons. The van der Waals surface area contributed by atoms with Crippen LogP contribution in [0.25, 0.3) is 10.2 Å². The van der Waals surface area contributed by atoms with Gasteiger partial charge in [-0.25, -0.2) is 9.78 Å². The SMILES string of the molecule is Cc1cc(Oc2ccccc2)ccc1N1C(=O)Nc2c(C(=O)N[C@@H]3CCCN(C=O)C3)sc3nccc1c23. The fraction of sp³-hybridized carbons (Fsp3) is 0.214. The smallest absolute Gasteiger partial charge is 0.331 e. The first-order chi connectivity index (χ1) is 18.5. The quantitative estimate of drug-likeness (QED) is 0.326. The number of thiophene rings is 1. The molecular weight excluding hydrogens is 502 g/mol. The van der Waals surface area contributed by atoms with Crippen LogP contribution in [0.5, 0.6) is 11.5 Å². The van der Waals surface area contributed by atoms with Gasteiger partial charge in [-0.2, -0.15) is 0 Å². The molecule has 10 heteroatoms. The van der Waals surface area contributed by atoms with Gasteiger partial charge >= 0.3 is 6.03 Å². The first kappa shape index (κ1) is 23.9. The summed E-state index contributed by atoms with van der Waals surface area (Å²) in [7, 11) is 0. The lowest BCUT2D eigenvalue weighted by Crippen LogP contribution is -2.47. The first-order valence-corrected chi connectivity index (χ1v) is 13.2. The molecule has 4 aromatic rings. The van der Waals surface area contributed by atoms with Crippen LogP contribution in [-0.4, -0.2) is 47.4 Å². The zero-order valence-corrected chi connectivity index (χ0v) is 21.5. The number of likely N-dealkylation sites (tertiary alicyclic amines) is 1. The summed E-state index contributed by atoms with van der Waals surface area (Å²) in [4.78, 5) is 46.7. The van der Waals surface area contributed by atoms with Crippen molar-refractivity contribution in [2.45, 2.75) is 25.8 Å². The molecule has 192 valence electrons. The third kappa shape index (κ3) is 4.32. The number of amides is 4. The first-order valence-electron chi connectivity index (χ1n) is 12.4. The predicted molar refractivity (Wildman–Crippen MR) is 147 cm³/mol. The number of carbonyl (C=O) groups is 3. The normalized spacial score (nSPS) is 16.8. The van der Waals surface area contributed by atoms with Gasteiger partial charge in [0.1, 0.15) is 21.2 Å². The topological polar surface area (TPSA) is 104 Å². The molecule has 0 aliphatic carbocycles. The average molecular weight is 528 g/mol. The minimum atomic E-state index is -0.359. The Morgan fingerprint density at radius 1 is 1.16 bits per heavy atom. The number of urea groups is 1. The number of aromatic nitrogens is 1. The van der Waals surface area contributed by atoms with Crippen LogP contribution < -0.4 is 20.3 Å². The molecule has 0 spiro atoms. The molecule has 2 aromatic heterocycles. The number of rotatable bonds is 6. The number of para-hydroxylation sites is 1. The van der Waals surface area contributed by atoms with E-state index in [1.54, 1.807) is 22.1 Å². The van der Waals surface area contributed by atoms with Gasteiger partial charge in [0.05, 0.1) is 22.4 Å². The fourth-order valence-electron chi connectivity index (χ4n) is 5.02. The van der Waals surface area contributed by atoms with Gasteiger partial charge in [-0.05, 0) is 61.7 Å². The van der Waals surface area contributed by atoms with Gasteiger partial charge in [-0.15, -0.1) is 11.3 Å². The number of ether oxygens (including phenoxy) is 1. The third-order valence-electron chi connectivity index (χ3n) is 6.78. The number of anilines is 3. The fourth-order valence-corrected chi connectivity index (χ4v) is 6.04. The second-order valence-corrected chi connectivity index (χ2v) is 10.4. The highest BCUT2D eigenvalue weighted by atomic mass is 32.1. The van der Waals surface area contributed by atoms with Gasteiger partial charge in [-0.3, -0.25) is 14.5 Å². The summed E-state index contributed by atoms with van der Waals surface area (Å²) >= 11 is 1.25. The molecule has 4 amide bonds. The highest BCUT2D eigenvalue weighted by Gasteiger charge is 2.34. The Bertz CT molecular complexity index is 1550. The summed E-state index contributed by atoms with van der Waals surface area (Å²) < 4.78 is 5.95. The van der Waals surface area contributed by atoms with Crippen LogP contribution in [-0.2, 0) is 4.79 Å². The van der Waals surface area contributed by atoms with Crippen LogP contribution in [0.15, 0.2) is 60.8 Å². The lowest BCUT2D eigenvalue weighted by atomic mass is 10.1. The van der Waals surface area contributed by atoms with Crippen molar-refractivity contribution < 1.29 is 19.1 Å². The summed E-state index contributed by atoms with van der Waals surface area (Å²) in [5.41, 5.74) is 2.69. The van der Waals surface area contributed by atoms with Gasteiger partial charge in [0.15, 0.2) is 0 Å². The lowest BCUT2D eigenvalue weighted by molar-refractivity contribution is -0.119. The van der Waals surface area contributed by atoms with E-state index >= 15 is 0 Å². The van der Waals surface area contributed by atoms with Crippen molar-refractivity contribution in [3.8, 4) is 11.5 Å². The van der Waals surface area contributed by atoms with E-state index in [-0.39, 0.29) is 18.0 Å². The number of aryl methyl sites for hydroxylation is 1. The summed E-state index contributed by atoms with van der Waals surface area (Å²) in [5.74, 6) is 1.12. The molecule has 2 aromatic carbocycles. The van der Waals surface area contributed by atoms with Crippen molar-refractivity contribution >= 4 is 57.0 Å². The number of carbonyl (C=O) groups excluding carboxylic acids is 3. The van der Waals surface area contributed by atoms with Gasteiger partial charge < -0.3 is 20.3 Å². The van der Waals surface area contributed by atoms with Crippen molar-refractivity contribution in [3.05, 3.63) is 71.2 Å². The molecule has 2 aliphatic rings. The number of nitrogens with one attached hydrogen (secondary N) is 2. The van der Waals surface area contributed by atoms with Gasteiger partial charge in [-0.1, -0.05) is 18.2 Å². The molecule has 38 heavy (non-hydrogen) atoms. The van der Waals surface area contributed by atoms with E-state index in [0.29, 0.717) is 45.6 Å². The van der Waals surface area contributed by atoms with Crippen molar-refractivity contribution in [2.75, 3.05) is 23.3 Å². The van der Waals surface area contributed by atoms with Crippen LogP contribution in [0.4, 0.5) is 21.9 Å². The second kappa shape index (κ2) is 9.79. The highest BCUT2D eigenvalue weighted by molar-refractivity contribution is 7.21. The molecule has 2 aliphatic heterocycles. The molecule has 4 heterocycles. The van der Waals surface area contributed by atoms with Crippen LogP contribution in [0.3, 0.4) is 0 Å². The van der Waals surface area contributed by atoms with Crippen molar-refractivity contribution in [1.29, 1.82) is 0 Å². The molecule has 0 saturated carbocycles. The number of nitrogens with zero attached hydrogens (tertiary/aromatic N) is 3. The number of hydrogen-bond acceptors (Lipinski definition) is 6. The molecule has 1 fully saturated rings. The van der Waals surface area contributed by atoms with E-state index < -0.39 is 0 Å². The van der Waals surface area contributed by atoms with Crippen molar-refractivity contribution in [1.82, 2.24) is 15.2 Å². The largest absolute Gasteiger partial charge is 0.457 e. The minimum Gasteiger partial charge on any atom is -0.457 e. The Kier molecular flexibility index (Phi) is 6.16. The Morgan fingerprint density at radius 3 is 2.79 bits per heavy atom. The number of hydrogen-bond donors (Lipinski definition) is 2. The van der Waals surface area contributed by atoms with Crippen molar-refractivity contribution in [3.63, 3.8) is 0 Å². The summed E-state index contributed by atoms with van der Waals surface area (Å²) in [6.07, 6.45) is 4.09. The summed E-state index contributed by atoms with van der Waals surface area (Å²) in [6, 6.07) is 16.4. The van der Waals surface area contributed by atoms with E-state index in [1.165, 1.54) is 11.3 Å². The second-order valence-electron chi connectivity index (χ2n) is 9.36. The molecule has 1 atom stereocenters. The Hall–Kier alpha value is -4.44. The Morgan fingerprint density at radius 2 is 2.00 bits per heavy atom.